The van der Waals surface area contributed by atoms with Gasteiger partial charge in [-0.2, -0.15) is 0 Å². The predicted molar refractivity (Wildman–Crippen MR) is 71.1 cm³/mol. The highest BCUT2D eigenvalue weighted by Crippen LogP contribution is 2.23. The molecule has 0 atom stereocenters. The maximum atomic E-state index is 11.5. The van der Waals surface area contributed by atoms with Gasteiger partial charge >= 0.3 is 0 Å². The third kappa shape index (κ3) is 4.49. The van der Waals surface area contributed by atoms with E-state index in [9.17, 15) is 4.79 Å². The van der Waals surface area contributed by atoms with Gasteiger partial charge in [-0.25, -0.2) is 0 Å². The van der Waals surface area contributed by atoms with Crippen LogP contribution in [0.4, 0.5) is 0 Å². The van der Waals surface area contributed by atoms with Gasteiger partial charge in [0.15, 0.2) is 0 Å². The molecule has 0 fully saturated rings. The molecule has 0 saturated carbocycles. The van der Waals surface area contributed by atoms with Crippen LogP contribution in [0.2, 0.25) is 0 Å². The number of ether oxygens (including phenoxy) is 2. The molecule has 0 saturated heterocycles. The van der Waals surface area contributed by atoms with Gasteiger partial charge in [-0.1, -0.05) is 6.08 Å². The molecule has 0 aliphatic carbocycles. The molecule has 0 aliphatic rings. The molecule has 0 heterocycles. The molecular weight excluding hydrogens is 230 g/mol. The second-order valence-corrected chi connectivity index (χ2v) is 3.81. The van der Waals surface area contributed by atoms with Crippen molar-refractivity contribution in [1.82, 2.24) is 5.32 Å². The van der Waals surface area contributed by atoms with Crippen molar-refractivity contribution in [3.8, 4) is 11.5 Å². The smallest absolute Gasteiger partial charge is 0.220 e. The molecule has 0 unspecified atom stereocenters. The van der Waals surface area contributed by atoms with E-state index < -0.39 is 0 Å². The number of rotatable bonds is 7. The topological polar surface area (TPSA) is 47.6 Å². The molecule has 1 aromatic carbocycles. The third-order valence-electron chi connectivity index (χ3n) is 2.50. The first kappa shape index (κ1) is 14.1. The second-order valence-electron chi connectivity index (χ2n) is 3.81. The number of carbonyl (C=O) groups excluding carboxylic acids is 1. The van der Waals surface area contributed by atoms with Crippen molar-refractivity contribution < 1.29 is 14.3 Å². The fraction of sp³-hybridized carbons (Fsp3) is 0.357. The minimum atomic E-state index is 0.0108. The monoisotopic (exact) mass is 249 g/mol. The van der Waals surface area contributed by atoms with Gasteiger partial charge < -0.3 is 14.8 Å². The standard InChI is InChI=1S/C14H19NO3/c1-4-7-15-14(16)6-5-11-8-12(17-2)10-13(9-11)18-3/h4,8-10H,1,5-7H2,2-3H3,(H,15,16). The highest BCUT2D eigenvalue weighted by Gasteiger charge is 2.05. The van der Waals surface area contributed by atoms with E-state index in [1.165, 1.54) is 0 Å². The molecule has 0 radical (unpaired) electrons. The Hall–Kier alpha value is -1.97. The Morgan fingerprint density at radius 1 is 1.28 bits per heavy atom. The molecule has 18 heavy (non-hydrogen) atoms. The number of nitrogens with one attached hydrogen (secondary N) is 1. The van der Waals surface area contributed by atoms with Crippen LogP contribution in [0, 0.1) is 0 Å². The number of amides is 1. The molecule has 1 amide bonds. The summed E-state index contributed by atoms with van der Waals surface area (Å²) in [6, 6.07) is 5.62. The van der Waals surface area contributed by atoms with E-state index in [1.807, 2.05) is 12.1 Å². The molecule has 0 bridgehead atoms. The summed E-state index contributed by atoms with van der Waals surface area (Å²) in [5.41, 5.74) is 1.01. The van der Waals surface area contributed by atoms with Crippen LogP contribution >= 0.6 is 0 Å². The molecule has 1 N–H and O–H groups in total. The molecule has 0 spiro atoms. The van der Waals surface area contributed by atoms with Crippen molar-refractivity contribution in [1.29, 1.82) is 0 Å². The average molecular weight is 249 g/mol. The van der Waals surface area contributed by atoms with Crippen LogP contribution in [-0.4, -0.2) is 26.7 Å². The van der Waals surface area contributed by atoms with Gasteiger partial charge in [0.1, 0.15) is 11.5 Å². The van der Waals surface area contributed by atoms with E-state index in [2.05, 4.69) is 11.9 Å². The minimum absolute atomic E-state index is 0.0108. The van der Waals surface area contributed by atoms with Crippen molar-refractivity contribution in [2.24, 2.45) is 0 Å². The maximum absolute atomic E-state index is 11.5. The van der Waals surface area contributed by atoms with E-state index in [4.69, 9.17) is 9.47 Å². The maximum Gasteiger partial charge on any atom is 0.220 e. The Bertz CT molecular complexity index is 393. The summed E-state index contributed by atoms with van der Waals surface area (Å²) in [4.78, 5) is 11.5. The van der Waals surface area contributed by atoms with Crippen molar-refractivity contribution in [2.75, 3.05) is 20.8 Å². The summed E-state index contributed by atoms with van der Waals surface area (Å²) in [5, 5.41) is 2.74. The fourth-order valence-corrected chi connectivity index (χ4v) is 1.54. The van der Waals surface area contributed by atoms with Crippen molar-refractivity contribution in [3.63, 3.8) is 0 Å². The van der Waals surface area contributed by atoms with Crippen LogP contribution < -0.4 is 14.8 Å². The van der Waals surface area contributed by atoms with Crippen LogP contribution in [0.15, 0.2) is 30.9 Å². The van der Waals surface area contributed by atoms with E-state index in [-0.39, 0.29) is 5.91 Å². The number of aryl methyl sites for hydroxylation is 1. The van der Waals surface area contributed by atoms with Gasteiger partial charge in [0.2, 0.25) is 5.91 Å². The van der Waals surface area contributed by atoms with Crippen LogP contribution in [0.3, 0.4) is 0 Å². The fourth-order valence-electron chi connectivity index (χ4n) is 1.54. The van der Waals surface area contributed by atoms with Crippen LogP contribution in [0.1, 0.15) is 12.0 Å². The summed E-state index contributed by atoms with van der Waals surface area (Å²) in [6.07, 6.45) is 2.74. The normalized spacial score (nSPS) is 9.67. The lowest BCUT2D eigenvalue weighted by atomic mass is 10.1. The second kappa shape index (κ2) is 7.37. The van der Waals surface area contributed by atoms with Crippen LogP contribution in [0.25, 0.3) is 0 Å². The van der Waals surface area contributed by atoms with Crippen molar-refractivity contribution in [3.05, 3.63) is 36.4 Å². The molecule has 4 nitrogen and oxygen atoms in total. The van der Waals surface area contributed by atoms with Gasteiger partial charge in [-0.15, -0.1) is 6.58 Å². The van der Waals surface area contributed by atoms with E-state index in [1.54, 1.807) is 26.4 Å². The lowest BCUT2D eigenvalue weighted by Gasteiger charge is -2.08. The Balaban J connectivity index is 2.60. The number of methoxy groups -OCH3 is 2. The highest BCUT2D eigenvalue weighted by atomic mass is 16.5. The Labute approximate surface area is 108 Å². The van der Waals surface area contributed by atoms with Crippen LogP contribution in [-0.2, 0) is 11.2 Å². The zero-order valence-electron chi connectivity index (χ0n) is 10.9. The van der Waals surface area contributed by atoms with Crippen molar-refractivity contribution in [2.45, 2.75) is 12.8 Å². The first-order valence-corrected chi connectivity index (χ1v) is 5.79. The minimum Gasteiger partial charge on any atom is -0.497 e. The predicted octanol–water partition coefficient (Wildman–Crippen LogP) is 1.94. The number of carbonyl (C=O) groups is 1. The zero-order chi connectivity index (χ0) is 13.4. The zero-order valence-corrected chi connectivity index (χ0v) is 10.9. The Morgan fingerprint density at radius 2 is 1.89 bits per heavy atom. The van der Waals surface area contributed by atoms with Crippen LogP contribution in [0.5, 0.6) is 11.5 Å². The number of benzene rings is 1. The quantitative estimate of drug-likeness (QED) is 0.751. The van der Waals surface area contributed by atoms with Crippen molar-refractivity contribution >= 4 is 5.91 Å². The Morgan fingerprint density at radius 3 is 2.39 bits per heavy atom. The summed E-state index contributed by atoms with van der Waals surface area (Å²) in [7, 11) is 3.21. The van der Waals surface area contributed by atoms with Gasteiger partial charge in [0.25, 0.3) is 0 Å². The molecule has 1 aromatic rings. The lowest BCUT2D eigenvalue weighted by molar-refractivity contribution is -0.120. The first-order chi connectivity index (χ1) is 8.69. The summed E-state index contributed by atoms with van der Waals surface area (Å²) >= 11 is 0. The molecule has 1 rings (SSSR count). The largest absolute Gasteiger partial charge is 0.497 e. The van der Waals surface area contributed by atoms with Gasteiger partial charge in [-0.3, -0.25) is 4.79 Å². The Kier molecular flexibility index (Phi) is 5.77. The molecule has 0 aliphatic heterocycles. The lowest BCUT2D eigenvalue weighted by Crippen LogP contribution is -2.23. The van der Waals surface area contributed by atoms with Gasteiger partial charge in [0.05, 0.1) is 14.2 Å². The summed E-state index contributed by atoms with van der Waals surface area (Å²) in [6.45, 7) is 4.05. The summed E-state index contributed by atoms with van der Waals surface area (Å²) < 4.78 is 10.4. The van der Waals surface area contributed by atoms with E-state index in [0.29, 0.717) is 19.4 Å². The highest BCUT2D eigenvalue weighted by molar-refractivity contribution is 5.76. The first-order valence-electron chi connectivity index (χ1n) is 5.79. The van der Waals surface area contributed by atoms with E-state index >= 15 is 0 Å². The molecular formula is C14H19NO3. The number of hydrogen-bond acceptors (Lipinski definition) is 3. The van der Waals surface area contributed by atoms with Gasteiger partial charge in [0, 0.05) is 19.0 Å². The summed E-state index contributed by atoms with van der Waals surface area (Å²) in [5.74, 6) is 1.48. The molecule has 0 aromatic heterocycles. The van der Waals surface area contributed by atoms with E-state index in [0.717, 1.165) is 17.1 Å². The number of hydrogen-bond donors (Lipinski definition) is 1. The SMILES string of the molecule is C=CCNC(=O)CCc1cc(OC)cc(OC)c1. The third-order valence-corrected chi connectivity index (χ3v) is 2.50. The van der Waals surface area contributed by atoms with Gasteiger partial charge in [-0.05, 0) is 24.1 Å². The molecule has 98 valence electrons. The molecule has 4 heteroatoms. The average Bonchev–Trinajstić information content (AvgIpc) is 2.42.